The van der Waals surface area contributed by atoms with Crippen LogP contribution in [0.5, 0.6) is 0 Å². The maximum atomic E-state index is 12.9. The maximum Gasteiger partial charge on any atom is 0.416 e. The SMILES string of the molecule is CCC(C(=O)N1CCCC(CNC)C1)c1cccc(C(F)(F)F)c1.Cl. The molecule has 7 heteroatoms. The van der Waals surface area contributed by atoms with Gasteiger partial charge in [-0.2, -0.15) is 13.2 Å². The van der Waals surface area contributed by atoms with E-state index in [4.69, 9.17) is 0 Å². The van der Waals surface area contributed by atoms with Crippen LogP contribution in [0, 0.1) is 5.92 Å². The summed E-state index contributed by atoms with van der Waals surface area (Å²) >= 11 is 0. The van der Waals surface area contributed by atoms with Gasteiger partial charge in [-0.1, -0.05) is 25.1 Å². The number of hydrogen-bond acceptors (Lipinski definition) is 2. The van der Waals surface area contributed by atoms with E-state index >= 15 is 0 Å². The summed E-state index contributed by atoms with van der Waals surface area (Å²) < 4.78 is 38.8. The van der Waals surface area contributed by atoms with Crippen LogP contribution in [0.2, 0.25) is 0 Å². The molecule has 3 nitrogen and oxygen atoms in total. The Morgan fingerprint density at radius 2 is 2.12 bits per heavy atom. The van der Waals surface area contributed by atoms with Gasteiger partial charge in [-0.25, -0.2) is 0 Å². The van der Waals surface area contributed by atoms with Crippen molar-refractivity contribution in [2.24, 2.45) is 5.92 Å². The molecule has 1 aromatic rings. The highest BCUT2D eigenvalue weighted by Crippen LogP contribution is 2.33. The van der Waals surface area contributed by atoms with Gasteiger partial charge in [-0.05, 0) is 50.4 Å². The number of amides is 1. The Hall–Kier alpha value is -1.27. The van der Waals surface area contributed by atoms with Crippen molar-refractivity contribution in [3.8, 4) is 0 Å². The smallest absolute Gasteiger partial charge is 0.342 e. The van der Waals surface area contributed by atoms with Crippen molar-refractivity contribution in [3.63, 3.8) is 0 Å². The third-order valence-corrected chi connectivity index (χ3v) is 4.65. The van der Waals surface area contributed by atoms with Gasteiger partial charge < -0.3 is 10.2 Å². The third kappa shape index (κ3) is 5.61. The topological polar surface area (TPSA) is 32.3 Å². The summed E-state index contributed by atoms with van der Waals surface area (Å²) in [6.07, 6.45) is -1.88. The van der Waals surface area contributed by atoms with Crippen molar-refractivity contribution in [1.29, 1.82) is 0 Å². The molecule has 1 aliphatic rings. The van der Waals surface area contributed by atoms with E-state index in [0.29, 0.717) is 31.0 Å². The van der Waals surface area contributed by atoms with E-state index in [1.165, 1.54) is 6.07 Å². The molecule has 1 N–H and O–H groups in total. The number of benzene rings is 1. The van der Waals surface area contributed by atoms with E-state index in [1.807, 2.05) is 18.9 Å². The summed E-state index contributed by atoms with van der Waals surface area (Å²) in [6.45, 7) is 4.06. The zero-order valence-corrected chi connectivity index (χ0v) is 15.4. The van der Waals surface area contributed by atoms with Crippen LogP contribution < -0.4 is 5.32 Å². The minimum atomic E-state index is -4.39. The molecule has 25 heavy (non-hydrogen) atoms. The molecule has 0 saturated carbocycles. The molecule has 142 valence electrons. The summed E-state index contributed by atoms with van der Waals surface area (Å²) in [7, 11) is 1.89. The average Bonchev–Trinajstić information content (AvgIpc) is 2.55. The average molecular weight is 379 g/mol. The number of hydrogen-bond donors (Lipinski definition) is 1. The second kappa shape index (κ2) is 9.43. The van der Waals surface area contributed by atoms with E-state index in [0.717, 1.165) is 31.5 Å². The monoisotopic (exact) mass is 378 g/mol. The van der Waals surface area contributed by atoms with Gasteiger partial charge in [0.1, 0.15) is 0 Å². The predicted octanol–water partition coefficient (Wildman–Crippen LogP) is 4.08. The van der Waals surface area contributed by atoms with E-state index in [9.17, 15) is 18.0 Å². The second-order valence-electron chi connectivity index (χ2n) is 6.43. The fourth-order valence-electron chi connectivity index (χ4n) is 3.43. The van der Waals surface area contributed by atoms with Gasteiger partial charge in [0, 0.05) is 13.1 Å². The summed E-state index contributed by atoms with van der Waals surface area (Å²) in [5.41, 5.74) is -0.244. The van der Waals surface area contributed by atoms with E-state index in [1.54, 1.807) is 6.07 Å². The Bertz CT molecular complexity index is 563. The molecule has 0 aliphatic carbocycles. The lowest BCUT2D eigenvalue weighted by Gasteiger charge is -2.35. The Morgan fingerprint density at radius 1 is 1.40 bits per heavy atom. The van der Waals surface area contributed by atoms with Gasteiger partial charge in [0.2, 0.25) is 5.91 Å². The molecule has 1 amide bonds. The first-order valence-corrected chi connectivity index (χ1v) is 8.47. The minimum absolute atomic E-state index is 0. The van der Waals surface area contributed by atoms with Crippen molar-refractivity contribution in [2.75, 3.05) is 26.7 Å². The summed E-state index contributed by atoms with van der Waals surface area (Å²) in [4.78, 5) is 14.7. The van der Waals surface area contributed by atoms with Gasteiger partial charge in [-0.15, -0.1) is 12.4 Å². The van der Waals surface area contributed by atoms with Crippen molar-refractivity contribution < 1.29 is 18.0 Å². The largest absolute Gasteiger partial charge is 0.416 e. The highest BCUT2D eigenvalue weighted by atomic mass is 35.5. The molecule has 2 unspecified atom stereocenters. The number of nitrogens with zero attached hydrogens (tertiary/aromatic N) is 1. The summed E-state index contributed by atoms with van der Waals surface area (Å²) in [5, 5.41) is 3.13. The van der Waals surface area contributed by atoms with Crippen LogP contribution in [0.3, 0.4) is 0 Å². The van der Waals surface area contributed by atoms with Crippen LogP contribution in [-0.4, -0.2) is 37.5 Å². The second-order valence-corrected chi connectivity index (χ2v) is 6.43. The first-order chi connectivity index (χ1) is 11.4. The Morgan fingerprint density at radius 3 is 2.72 bits per heavy atom. The van der Waals surface area contributed by atoms with Crippen LogP contribution in [0.15, 0.2) is 24.3 Å². The molecule has 1 fully saturated rings. The molecular formula is C18H26ClF3N2O. The first kappa shape index (κ1) is 21.8. The molecule has 1 heterocycles. The van der Waals surface area contributed by atoms with Crippen LogP contribution >= 0.6 is 12.4 Å². The number of carbonyl (C=O) groups is 1. The molecule has 0 radical (unpaired) electrons. The lowest BCUT2D eigenvalue weighted by Crippen LogP contribution is -2.44. The van der Waals surface area contributed by atoms with Crippen molar-refractivity contribution in [3.05, 3.63) is 35.4 Å². The molecule has 2 rings (SSSR count). The maximum absolute atomic E-state index is 12.9. The van der Waals surface area contributed by atoms with E-state index in [-0.39, 0.29) is 18.3 Å². The number of rotatable bonds is 5. The summed E-state index contributed by atoms with van der Waals surface area (Å²) in [5.74, 6) is -0.162. The molecule has 0 spiro atoms. The van der Waals surface area contributed by atoms with Gasteiger partial charge in [0.15, 0.2) is 0 Å². The third-order valence-electron chi connectivity index (χ3n) is 4.65. The molecule has 1 aromatic carbocycles. The standard InChI is InChI=1S/C18H25F3N2O.ClH/c1-3-16(14-7-4-8-15(10-14)18(19,20)21)17(24)23-9-5-6-13(12-23)11-22-2;/h4,7-8,10,13,16,22H,3,5-6,9,11-12H2,1-2H3;1H. The molecular weight excluding hydrogens is 353 g/mol. The van der Waals surface area contributed by atoms with Crippen LogP contribution in [0.1, 0.15) is 43.2 Å². The lowest BCUT2D eigenvalue weighted by atomic mass is 9.91. The number of nitrogens with one attached hydrogen (secondary N) is 1. The fraction of sp³-hybridized carbons (Fsp3) is 0.611. The highest BCUT2D eigenvalue weighted by molar-refractivity contribution is 5.85. The van der Waals surface area contributed by atoms with Crippen molar-refractivity contribution >= 4 is 18.3 Å². The molecule has 0 aromatic heterocycles. The normalized spacial score (nSPS) is 19.2. The number of carbonyl (C=O) groups excluding carboxylic acids is 1. The zero-order valence-electron chi connectivity index (χ0n) is 14.6. The van der Waals surface area contributed by atoms with E-state index < -0.39 is 17.7 Å². The Labute approximate surface area is 153 Å². The van der Waals surface area contributed by atoms with Gasteiger partial charge >= 0.3 is 6.18 Å². The molecule has 1 saturated heterocycles. The molecule has 0 bridgehead atoms. The predicted molar refractivity (Wildman–Crippen MR) is 95.0 cm³/mol. The minimum Gasteiger partial charge on any atom is -0.342 e. The van der Waals surface area contributed by atoms with Gasteiger partial charge in [0.05, 0.1) is 11.5 Å². The van der Waals surface area contributed by atoms with Crippen molar-refractivity contribution in [2.45, 2.75) is 38.3 Å². The van der Waals surface area contributed by atoms with Crippen LogP contribution in [0.25, 0.3) is 0 Å². The van der Waals surface area contributed by atoms with Gasteiger partial charge in [0.25, 0.3) is 0 Å². The van der Waals surface area contributed by atoms with Crippen LogP contribution in [-0.2, 0) is 11.0 Å². The Kier molecular flexibility index (Phi) is 8.22. The first-order valence-electron chi connectivity index (χ1n) is 8.47. The van der Waals surface area contributed by atoms with Crippen molar-refractivity contribution in [1.82, 2.24) is 10.2 Å². The fourth-order valence-corrected chi connectivity index (χ4v) is 3.43. The van der Waals surface area contributed by atoms with Gasteiger partial charge in [-0.3, -0.25) is 4.79 Å². The lowest BCUT2D eigenvalue weighted by molar-refractivity contribution is -0.138. The molecule has 1 aliphatic heterocycles. The number of likely N-dealkylation sites (tertiary alicyclic amines) is 1. The van der Waals surface area contributed by atoms with E-state index in [2.05, 4.69) is 5.32 Å². The number of halogens is 4. The zero-order chi connectivity index (χ0) is 17.7. The molecule has 2 atom stereocenters. The van der Waals surface area contributed by atoms with Crippen LogP contribution in [0.4, 0.5) is 13.2 Å². The summed E-state index contributed by atoms with van der Waals surface area (Å²) in [6, 6.07) is 5.16. The highest BCUT2D eigenvalue weighted by Gasteiger charge is 2.33. The number of alkyl halides is 3. The Balaban J connectivity index is 0.00000312. The number of piperidine rings is 1. The quantitative estimate of drug-likeness (QED) is 0.837.